The molecule has 0 fully saturated rings. The van der Waals surface area contributed by atoms with Crippen LogP contribution in [0.25, 0.3) is 0 Å². The zero-order chi connectivity index (χ0) is 18.8. The molecule has 1 amide bonds. The monoisotopic (exact) mass is 372 g/mol. The molecular formula is C17H28N2O3S2. The number of rotatable bonds is 6. The van der Waals surface area contributed by atoms with E-state index in [4.69, 9.17) is 0 Å². The second-order valence-electron chi connectivity index (χ2n) is 7.77. The summed E-state index contributed by atoms with van der Waals surface area (Å²) in [4.78, 5) is 12.3. The van der Waals surface area contributed by atoms with Gasteiger partial charge in [-0.05, 0) is 50.1 Å². The Labute approximate surface area is 150 Å². The van der Waals surface area contributed by atoms with Crippen molar-refractivity contribution in [3.8, 4) is 0 Å². The summed E-state index contributed by atoms with van der Waals surface area (Å²) in [5.41, 5.74) is -0.0778. The third-order valence-corrected chi connectivity index (χ3v) is 5.67. The maximum Gasteiger partial charge on any atom is 0.241 e. The van der Waals surface area contributed by atoms with E-state index >= 15 is 0 Å². The molecule has 0 atom stereocenters. The smallest absolute Gasteiger partial charge is 0.241 e. The lowest BCUT2D eigenvalue weighted by molar-refractivity contribution is -0.114. The van der Waals surface area contributed by atoms with Gasteiger partial charge in [-0.1, -0.05) is 20.8 Å². The Bertz CT molecular complexity index is 705. The number of sulfonamides is 1. The average Bonchev–Trinajstić information content (AvgIpc) is 2.33. The van der Waals surface area contributed by atoms with Crippen LogP contribution in [0.15, 0.2) is 28.0 Å². The Morgan fingerprint density at radius 3 is 2.21 bits per heavy atom. The van der Waals surface area contributed by atoms with Crippen LogP contribution in [0.1, 0.15) is 48.0 Å². The van der Waals surface area contributed by atoms with Gasteiger partial charge in [0.15, 0.2) is 0 Å². The number of thioether (sulfide) groups is 1. The Morgan fingerprint density at radius 1 is 1.17 bits per heavy atom. The highest BCUT2D eigenvalue weighted by molar-refractivity contribution is 7.98. The van der Waals surface area contributed by atoms with Gasteiger partial charge in [0.05, 0.1) is 10.6 Å². The van der Waals surface area contributed by atoms with Gasteiger partial charge in [0.2, 0.25) is 15.9 Å². The molecule has 1 aromatic rings. The highest BCUT2D eigenvalue weighted by Crippen LogP contribution is 2.31. The summed E-state index contributed by atoms with van der Waals surface area (Å²) in [5, 5.41) is 2.69. The van der Waals surface area contributed by atoms with E-state index in [0.29, 0.717) is 12.1 Å². The standard InChI is InChI=1S/C17H28N2O3S2/c1-12(20)18-14-10-13(8-9-15(14)23-7)24(21,22)19-17(5,6)11-16(2,3)4/h8-10,19H,11H2,1-7H3,(H,18,20). The third kappa shape index (κ3) is 6.45. The van der Waals surface area contributed by atoms with Crippen molar-refractivity contribution in [2.45, 2.75) is 63.3 Å². The number of benzene rings is 1. The lowest BCUT2D eigenvalue weighted by Gasteiger charge is -2.33. The molecule has 0 heterocycles. The van der Waals surface area contributed by atoms with Crippen molar-refractivity contribution in [1.29, 1.82) is 0 Å². The van der Waals surface area contributed by atoms with Gasteiger partial charge in [-0.25, -0.2) is 13.1 Å². The van der Waals surface area contributed by atoms with Gasteiger partial charge in [-0.15, -0.1) is 11.8 Å². The van der Waals surface area contributed by atoms with Gasteiger partial charge in [0, 0.05) is 17.4 Å². The summed E-state index contributed by atoms with van der Waals surface area (Å²) in [6, 6.07) is 4.77. The van der Waals surface area contributed by atoms with E-state index in [-0.39, 0.29) is 16.2 Å². The van der Waals surface area contributed by atoms with E-state index in [2.05, 4.69) is 30.8 Å². The van der Waals surface area contributed by atoms with Crippen molar-refractivity contribution in [3.05, 3.63) is 18.2 Å². The van der Waals surface area contributed by atoms with Crippen molar-refractivity contribution in [1.82, 2.24) is 4.72 Å². The molecule has 1 rings (SSSR count). The number of carbonyl (C=O) groups excluding carboxylic acids is 1. The van der Waals surface area contributed by atoms with Gasteiger partial charge >= 0.3 is 0 Å². The van der Waals surface area contributed by atoms with Crippen LogP contribution >= 0.6 is 11.8 Å². The fourth-order valence-corrected chi connectivity index (χ4v) is 4.90. The zero-order valence-corrected chi connectivity index (χ0v) is 17.1. The van der Waals surface area contributed by atoms with Crippen molar-refractivity contribution >= 4 is 33.4 Å². The molecule has 0 radical (unpaired) electrons. The van der Waals surface area contributed by atoms with E-state index in [1.54, 1.807) is 12.1 Å². The highest BCUT2D eigenvalue weighted by Gasteiger charge is 2.30. The van der Waals surface area contributed by atoms with Crippen LogP contribution in [0.5, 0.6) is 0 Å². The molecule has 24 heavy (non-hydrogen) atoms. The molecule has 136 valence electrons. The summed E-state index contributed by atoms with van der Waals surface area (Å²) in [5.74, 6) is -0.235. The first-order valence-electron chi connectivity index (χ1n) is 7.75. The molecule has 2 N–H and O–H groups in total. The Balaban J connectivity index is 3.17. The molecule has 1 aromatic carbocycles. The van der Waals surface area contributed by atoms with Crippen LogP contribution in [0, 0.1) is 5.41 Å². The van der Waals surface area contributed by atoms with Gasteiger partial charge in [-0.3, -0.25) is 4.79 Å². The van der Waals surface area contributed by atoms with Crippen molar-refractivity contribution in [3.63, 3.8) is 0 Å². The van der Waals surface area contributed by atoms with Crippen LogP contribution < -0.4 is 10.0 Å². The second kappa shape index (κ2) is 7.45. The normalized spacial score (nSPS) is 13.0. The summed E-state index contributed by atoms with van der Waals surface area (Å²) < 4.78 is 28.3. The maximum atomic E-state index is 12.7. The highest BCUT2D eigenvalue weighted by atomic mass is 32.2. The van der Waals surface area contributed by atoms with E-state index in [1.807, 2.05) is 20.1 Å². The summed E-state index contributed by atoms with van der Waals surface area (Å²) >= 11 is 1.45. The molecule has 0 saturated carbocycles. The molecule has 0 aromatic heterocycles. The summed E-state index contributed by atoms with van der Waals surface area (Å²) in [6.07, 6.45) is 2.57. The average molecular weight is 373 g/mol. The van der Waals surface area contributed by atoms with Crippen LogP contribution in [0.4, 0.5) is 5.69 Å². The number of amides is 1. The van der Waals surface area contributed by atoms with Gasteiger partial charge in [0.25, 0.3) is 0 Å². The first-order chi connectivity index (χ1) is 10.8. The topological polar surface area (TPSA) is 75.3 Å². The minimum absolute atomic E-state index is 0.00390. The first kappa shape index (κ1) is 21.0. The zero-order valence-electron chi connectivity index (χ0n) is 15.5. The lowest BCUT2D eigenvalue weighted by atomic mass is 9.82. The van der Waals surface area contributed by atoms with Crippen LogP contribution in [-0.2, 0) is 14.8 Å². The van der Waals surface area contributed by atoms with Crippen molar-refractivity contribution in [2.24, 2.45) is 5.41 Å². The third-order valence-electron chi connectivity index (χ3n) is 3.17. The summed E-state index contributed by atoms with van der Waals surface area (Å²) in [7, 11) is -3.68. The fourth-order valence-electron chi connectivity index (χ4n) is 2.93. The second-order valence-corrected chi connectivity index (χ2v) is 10.3. The minimum atomic E-state index is -3.68. The van der Waals surface area contributed by atoms with E-state index in [9.17, 15) is 13.2 Å². The van der Waals surface area contributed by atoms with Gasteiger partial charge in [0.1, 0.15) is 0 Å². The molecule has 5 nitrogen and oxygen atoms in total. The lowest BCUT2D eigenvalue weighted by Crippen LogP contribution is -2.45. The minimum Gasteiger partial charge on any atom is -0.325 e. The molecule has 0 spiro atoms. The SMILES string of the molecule is CSc1ccc(S(=O)(=O)NC(C)(C)CC(C)(C)C)cc1NC(C)=O. The maximum absolute atomic E-state index is 12.7. The van der Waals surface area contributed by atoms with E-state index in [0.717, 1.165) is 4.90 Å². The quantitative estimate of drug-likeness (QED) is 0.744. The predicted octanol–water partition coefficient (Wildman–Crippen LogP) is 3.86. The Kier molecular flexibility index (Phi) is 6.52. The largest absolute Gasteiger partial charge is 0.325 e. The van der Waals surface area contributed by atoms with E-state index < -0.39 is 15.6 Å². The van der Waals surface area contributed by atoms with Crippen LogP contribution in [-0.4, -0.2) is 26.1 Å². The number of hydrogen-bond donors (Lipinski definition) is 2. The number of nitrogens with one attached hydrogen (secondary N) is 2. The molecule has 0 saturated heterocycles. The first-order valence-corrected chi connectivity index (χ1v) is 10.5. The molecule has 0 unspecified atom stereocenters. The summed E-state index contributed by atoms with van der Waals surface area (Å²) in [6.45, 7) is 11.4. The van der Waals surface area contributed by atoms with Crippen molar-refractivity contribution in [2.75, 3.05) is 11.6 Å². The fraction of sp³-hybridized carbons (Fsp3) is 0.588. The van der Waals surface area contributed by atoms with Crippen LogP contribution in [0.3, 0.4) is 0 Å². The molecule has 0 aliphatic rings. The molecule has 7 heteroatoms. The van der Waals surface area contributed by atoms with E-state index in [1.165, 1.54) is 24.8 Å². The molecule has 0 bridgehead atoms. The number of hydrogen-bond acceptors (Lipinski definition) is 4. The molecule has 0 aliphatic carbocycles. The van der Waals surface area contributed by atoms with Crippen molar-refractivity contribution < 1.29 is 13.2 Å². The number of carbonyl (C=O) groups is 1. The molecular weight excluding hydrogens is 344 g/mol. The predicted molar refractivity (Wildman–Crippen MR) is 101 cm³/mol. The Morgan fingerprint density at radius 2 is 1.75 bits per heavy atom. The number of anilines is 1. The Hall–Kier alpha value is -1.05. The van der Waals surface area contributed by atoms with Crippen LogP contribution in [0.2, 0.25) is 0 Å². The molecule has 0 aliphatic heterocycles. The van der Waals surface area contributed by atoms with Gasteiger partial charge < -0.3 is 5.32 Å². The van der Waals surface area contributed by atoms with Gasteiger partial charge in [-0.2, -0.15) is 0 Å².